The number of thioether (sulfide) groups is 1. The SMILES string of the molecule is C[C@H](Sc1ccccc1)C(=O)OCc1nc2ccccc2c(=O)[nH]1. The van der Waals surface area contributed by atoms with Crippen molar-refractivity contribution in [3.8, 4) is 0 Å². The van der Waals surface area contributed by atoms with Gasteiger partial charge in [0.25, 0.3) is 5.56 Å². The molecule has 6 heteroatoms. The average molecular weight is 340 g/mol. The zero-order chi connectivity index (χ0) is 16.9. The maximum Gasteiger partial charge on any atom is 0.319 e. The molecule has 0 aliphatic rings. The lowest BCUT2D eigenvalue weighted by molar-refractivity contribution is -0.144. The number of carbonyl (C=O) groups excluding carboxylic acids is 1. The van der Waals surface area contributed by atoms with Crippen LogP contribution in [0.5, 0.6) is 0 Å². The molecule has 122 valence electrons. The first kappa shape index (κ1) is 16.3. The summed E-state index contributed by atoms with van der Waals surface area (Å²) in [5, 5.41) is 0.167. The molecule has 0 aliphatic carbocycles. The number of aromatic amines is 1. The molecule has 1 N–H and O–H groups in total. The molecule has 0 unspecified atom stereocenters. The second-order valence-electron chi connectivity index (χ2n) is 5.21. The van der Waals surface area contributed by atoms with E-state index < -0.39 is 0 Å². The van der Waals surface area contributed by atoms with Crippen LogP contribution in [0.25, 0.3) is 10.9 Å². The van der Waals surface area contributed by atoms with Crippen LogP contribution in [0.4, 0.5) is 0 Å². The highest BCUT2D eigenvalue weighted by Crippen LogP contribution is 2.23. The number of nitrogens with one attached hydrogen (secondary N) is 1. The lowest BCUT2D eigenvalue weighted by Gasteiger charge is -2.11. The highest BCUT2D eigenvalue weighted by atomic mass is 32.2. The summed E-state index contributed by atoms with van der Waals surface area (Å²) >= 11 is 1.43. The normalized spacial score (nSPS) is 12.0. The monoisotopic (exact) mass is 340 g/mol. The van der Waals surface area contributed by atoms with Crippen LogP contribution >= 0.6 is 11.8 Å². The van der Waals surface area contributed by atoms with E-state index in [-0.39, 0.29) is 23.4 Å². The van der Waals surface area contributed by atoms with E-state index in [0.717, 1.165) is 4.90 Å². The van der Waals surface area contributed by atoms with Crippen LogP contribution < -0.4 is 5.56 Å². The first-order valence-corrected chi connectivity index (χ1v) is 8.38. The van der Waals surface area contributed by atoms with Crippen LogP contribution in [0.15, 0.2) is 64.3 Å². The standard InChI is InChI=1S/C18H16N2O3S/c1-12(24-13-7-3-2-4-8-13)18(22)23-11-16-19-15-10-6-5-9-14(15)17(21)20-16/h2-10,12H,11H2,1H3,(H,19,20,21)/t12-/m0/s1. The van der Waals surface area contributed by atoms with Crippen molar-refractivity contribution >= 4 is 28.6 Å². The number of hydrogen-bond acceptors (Lipinski definition) is 5. The zero-order valence-electron chi connectivity index (χ0n) is 13.1. The van der Waals surface area contributed by atoms with E-state index in [2.05, 4.69) is 9.97 Å². The Hall–Kier alpha value is -2.60. The van der Waals surface area contributed by atoms with Crippen molar-refractivity contribution in [1.82, 2.24) is 9.97 Å². The predicted octanol–water partition coefficient (Wildman–Crippen LogP) is 3.15. The largest absolute Gasteiger partial charge is 0.457 e. The Labute approximate surface area is 143 Å². The van der Waals surface area contributed by atoms with Crippen molar-refractivity contribution in [2.75, 3.05) is 0 Å². The molecule has 1 atom stereocenters. The minimum Gasteiger partial charge on any atom is -0.457 e. The molecular weight excluding hydrogens is 324 g/mol. The first-order valence-electron chi connectivity index (χ1n) is 7.50. The quantitative estimate of drug-likeness (QED) is 0.571. The van der Waals surface area contributed by atoms with Gasteiger partial charge in [0, 0.05) is 4.90 Å². The van der Waals surface area contributed by atoms with Crippen molar-refractivity contribution in [2.45, 2.75) is 23.7 Å². The lowest BCUT2D eigenvalue weighted by atomic mass is 10.2. The third-order valence-electron chi connectivity index (χ3n) is 3.40. The maximum absolute atomic E-state index is 12.1. The molecule has 3 rings (SSSR count). The zero-order valence-corrected chi connectivity index (χ0v) is 13.9. The maximum atomic E-state index is 12.1. The molecule has 0 saturated heterocycles. The number of para-hydroxylation sites is 1. The average Bonchev–Trinajstić information content (AvgIpc) is 2.60. The van der Waals surface area contributed by atoms with E-state index in [1.165, 1.54) is 11.8 Å². The number of hydrogen-bond donors (Lipinski definition) is 1. The third-order valence-corrected chi connectivity index (χ3v) is 4.49. The fourth-order valence-corrected chi connectivity index (χ4v) is 3.10. The summed E-state index contributed by atoms with van der Waals surface area (Å²) in [7, 11) is 0. The molecule has 24 heavy (non-hydrogen) atoms. The molecule has 0 spiro atoms. The van der Waals surface area contributed by atoms with Gasteiger partial charge in [0.1, 0.15) is 17.7 Å². The van der Waals surface area contributed by atoms with Crippen LogP contribution in [-0.4, -0.2) is 21.2 Å². The molecule has 2 aromatic carbocycles. The number of rotatable bonds is 5. The summed E-state index contributed by atoms with van der Waals surface area (Å²) in [4.78, 5) is 32.0. The number of nitrogens with zero attached hydrogens (tertiary/aromatic N) is 1. The van der Waals surface area contributed by atoms with Gasteiger partial charge in [0.05, 0.1) is 10.9 Å². The number of ether oxygens (including phenoxy) is 1. The minimum atomic E-state index is -0.348. The van der Waals surface area contributed by atoms with Crippen molar-refractivity contribution in [1.29, 1.82) is 0 Å². The van der Waals surface area contributed by atoms with Crippen LogP contribution in [0.1, 0.15) is 12.7 Å². The van der Waals surface area contributed by atoms with E-state index in [1.54, 1.807) is 25.1 Å². The smallest absolute Gasteiger partial charge is 0.319 e. The molecule has 0 fully saturated rings. The van der Waals surface area contributed by atoms with Gasteiger partial charge in [-0.3, -0.25) is 9.59 Å². The Morgan fingerprint density at radius 2 is 1.88 bits per heavy atom. The summed E-state index contributed by atoms with van der Waals surface area (Å²) in [6.45, 7) is 1.73. The van der Waals surface area contributed by atoms with Gasteiger partial charge in [-0.2, -0.15) is 0 Å². The third kappa shape index (κ3) is 3.83. The highest BCUT2D eigenvalue weighted by molar-refractivity contribution is 8.00. The molecule has 0 bridgehead atoms. The molecule has 3 aromatic rings. The Balaban J connectivity index is 1.65. The summed E-state index contributed by atoms with van der Waals surface area (Å²) in [6, 6.07) is 16.7. The topological polar surface area (TPSA) is 72.0 Å². The van der Waals surface area contributed by atoms with Crippen molar-refractivity contribution in [2.24, 2.45) is 0 Å². The number of carbonyl (C=O) groups is 1. The lowest BCUT2D eigenvalue weighted by Crippen LogP contribution is -2.19. The molecule has 0 radical (unpaired) electrons. The molecule has 1 aromatic heterocycles. The van der Waals surface area contributed by atoms with E-state index in [4.69, 9.17) is 4.74 Å². The van der Waals surface area contributed by atoms with Crippen LogP contribution in [-0.2, 0) is 16.1 Å². The molecule has 0 saturated carbocycles. The van der Waals surface area contributed by atoms with Crippen LogP contribution in [0.2, 0.25) is 0 Å². The summed E-state index contributed by atoms with van der Waals surface area (Å²) in [5.74, 6) is -0.0105. The fourth-order valence-electron chi connectivity index (χ4n) is 2.21. The highest BCUT2D eigenvalue weighted by Gasteiger charge is 2.16. The van der Waals surface area contributed by atoms with Gasteiger partial charge in [0.2, 0.25) is 0 Å². The Kier molecular flexibility index (Phi) is 4.96. The second kappa shape index (κ2) is 7.31. The van der Waals surface area contributed by atoms with E-state index in [0.29, 0.717) is 16.7 Å². The fraction of sp³-hybridized carbons (Fsp3) is 0.167. The number of benzene rings is 2. The van der Waals surface area contributed by atoms with Crippen LogP contribution in [0, 0.1) is 0 Å². The van der Waals surface area contributed by atoms with Gasteiger partial charge in [-0.15, -0.1) is 11.8 Å². The van der Waals surface area contributed by atoms with Gasteiger partial charge in [-0.25, -0.2) is 4.98 Å². The van der Waals surface area contributed by atoms with E-state index in [9.17, 15) is 9.59 Å². The van der Waals surface area contributed by atoms with Crippen molar-refractivity contribution in [3.05, 3.63) is 70.8 Å². The summed E-state index contributed by atoms with van der Waals surface area (Å²) in [6.07, 6.45) is 0. The first-order chi connectivity index (χ1) is 11.6. The van der Waals surface area contributed by atoms with Gasteiger partial charge < -0.3 is 9.72 Å². The molecule has 0 amide bonds. The second-order valence-corrected chi connectivity index (χ2v) is 6.62. The number of aromatic nitrogens is 2. The van der Waals surface area contributed by atoms with Crippen molar-refractivity contribution in [3.63, 3.8) is 0 Å². The molecule has 0 aliphatic heterocycles. The van der Waals surface area contributed by atoms with Gasteiger partial charge in [-0.1, -0.05) is 30.3 Å². The predicted molar refractivity (Wildman–Crippen MR) is 93.9 cm³/mol. The summed E-state index contributed by atoms with van der Waals surface area (Å²) in [5.41, 5.74) is 0.345. The summed E-state index contributed by atoms with van der Waals surface area (Å²) < 4.78 is 5.27. The van der Waals surface area contributed by atoms with E-state index >= 15 is 0 Å². The van der Waals surface area contributed by atoms with Crippen molar-refractivity contribution < 1.29 is 9.53 Å². The number of esters is 1. The number of fused-ring (bicyclic) bond motifs is 1. The number of H-pyrrole nitrogens is 1. The Morgan fingerprint density at radius 1 is 1.17 bits per heavy atom. The minimum absolute atomic E-state index is 0.0569. The van der Waals surface area contributed by atoms with Gasteiger partial charge in [0.15, 0.2) is 0 Å². The molecular formula is C18H16N2O3S. The Bertz CT molecular complexity index is 909. The molecule has 1 heterocycles. The van der Waals surface area contributed by atoms with Gasteiger partial charge in [-0.05, 0) is 31.2 Å². The Morgan fingerprint density at radius 3 is 2.67 bits per heavy atom. The van der Waals surface area contributed by atoms with Crippen LogP contribution in [0.3, 0.4) is 0 Å². The van der Waals surface area contributed by atoms with E-state index in [1.807, 2.05) is 36.4 Å². The van der Waals surface area contributed by atoms with Gasteiger partial charge >= 0.3 is 5.97 Å². The molecule has 5 nitrogen and oxygen atoms in total.